The molecule has 0 bridgehead atoms. The standard InChI is InChI=1S/C30H31F2N7O/c31-26(32)17-39-13-9-20(10-14-39)19-1-3-21(4-2-19)29-37-28-27(35-18-36-30(28)38-29)22-5-6-25(23(15-22)16-33)40-24-7-11-34-12-8-24/h1-6,15,18,20,24,26,34H,7-14,17H2,(H,35,36,37,38). The Bertz CT molecular complexity index is 1500. The van der Waals surface area contributed by atoms with Gasteiger partial charge >= 0.3 is 0 Å². The molecule has 0 saturated carbocycles. The number of fused-ring (bicyclic) bond motifs is 1. The monoisotopic (exact) mass is 543 g/mol. The van der Waals surface area contributed by atoms with E-state index in [1.807, 2.05) is 29.2 Å². The van der Waals surface area contributed by atoms with Gasteiger partial charge in [0.2, 0.25) is 0 Å². The minimum absolute atomic E-state index is 0.100. The Morgan fingerprint density at radius 3 is 2.48 bits per heavy atom. The normalized spacial score (nSPS) is 17.4. The zero-order valence-corrected chi connectivity index (χ0v) is 22.1. The van der Waals surface area contributed by atoms with Crippen molar-refractivity contribution < 1.29 is 13.5 Å². The summed E-state index contributed by atoms with van der Waals surface area (Å²) in [6.07, 6.45) is 2.89. The largest absolute Gasteiger partial charge is 0.489 e. The molecule has 0 radical (unpaired) electrons. The zero-order valence-electron chi connectivity index (χ0n) is 22.1. The molecule has 0 spiro atoms. The van der Waals surface area contributed by atoms with Crippen LogP contribution in [-0.2, 0) is 0 Å². The van der Waals surface area contributed by atoms with E-state index in [-0.39, 0.29) is 12.6 Å². The topological polar surface area (TPSA) is 103 Å². The van der Waals surface area contributed by atoms with Crippen molar-refractivity contribution in [3.63, 3.8) is 0 Å². The van der Waals surface area contributed by atoms with Crippen molar-refractivity contribution in [3.05, 3.63) is 59.9 Å². The summed E-state index contributed by atoms with van der Waals surface area (Å²) in [6, 6.07) is 16.1. The molecule has 2 fully saturated rings. The maximum Gasteiger partial charge on any atom is 0.251 e. The number of halogens is 2. The molecule has 2 N–H and O–H groups in total. The molecule has 2 aromatic carbocycles. The van der Waals surface area contributed by atoms with E-state index in [4.69, 9.17) is 9.72 Å². The molecule has 2 saturated heterocycles. The fraction of sp³-hybridized carbons (Fsp3) is 0.400. The van der Waals surface area contributed by atoms with E-state index < -0.39 is 6.43 Å². The lowest BCUT2D eigenvalue weighted by Gasteiger charge is -2.31. The molecule has 40 heavy (non-hydrogen) atoms. The zero-order chi connectivity index (χ0) is 27.5. The lowest BCUT2D eigenvalue weighted by atomic mass is 9.89. The first-order valence-corrected chi connectivity index (χ1v) is 13.8. The van der Waals surface area contributed by atoms with Crippen molar-refractivity contribution in [2.45, 2.75) is 44.1 Å². The second-order valence-electron chi connectivity index (χ2n) is 10.5. The summed E-state index contributed by atoms with van der Waals surface area (Å²) in [5.41, 5.74) is 5.26. The van der Waals surface area contributed by atoms with Gasteiger partial charge < -0.3 is 15.0 Å². The Morgan fingerprint density at radius 1 is 1.00 bits per heavy atom. The Morgan fingerprint density at radius 2 is 1.75 bits per heavy atom. The van der Waals surface area contributed by atoms with Crippen LogP contribution in [0, 0.1) is 11.3 Å². The molecule has 10 heteroatoms. The van der Waals surface area contributed by atoms with Crippen molar-refractivity contribution in [2.75, 3.05) is 32.7 Å². The van der Waals surface area contributed by atoms with Crippen LogP contribution in [0.2, 0.25) is 0 Å². The molecule has 0 amide bonds. The Balaban J connectivity index is 1.21. The summed E-state index contributed by atoms with van der Waals surface area (Å²) in [5, 5.41) is 13.1. The SMILES string of the molecule is N#Cc1cc(-c2ncnc3[nH]c(-c4ccc(C5CCN(CC(F)F)CC5)cc4)nc23)ccc1OC1CCNCC1. The van der Waals surface area contributed by atoms with Gasteiger partial charge in [-0.3, -0.25) is 4.90 Å². The molecule has 0 unspecified atom stereocenters. The number of alkyl halides is 2. The molecular weight excluding hydrogens is 512 g/mol. The fourth-order valence-corrected chi connectivity index (χ4v) is 5.69. The molecule has 2 aliphatic rings. The van der Waals surface area contributed by atoms with E-state index in [0.717, 1.165) is 49.9 Å². The first-order valence-electron chi connectivity index (χ1n) is 13.8. The number of nitrogens with one attached hydrogen (secondary N) is 2. The van der Waals surface area contributed by atoms with Crippen molar-refractivity contribution >= 4 is 11.2 Å². The third kappa shape index (κ3) is 5.67. The fourth-order valence-electron chi connectivity index (χ4n) is 5.69. The van der Waals surface area contributed by atoms with Gasteiger partial charge in [0.15, 0.2) is 5.65 Å². The molecule has 206 valence electrons. The van der Waals surface area contributed by atoms with Crippen molar-refractivity contribution in [3.8, 4) is 34.5 Å². The summed E-state index contributed by atoms with van der Waals surface area (Å²) < 4.78 is 31.5. The van der Waals surface area contributed by atoms with E-state index in [9.17, 15) is 14.0 Å². The summed E-state index contributed by atoms with van der Waals surface area (Å²) in [5.74, 6) is 1.64. The first kappa shape index (κ1) is 26.3. The highest BCUT2D eigenvalue weighted by atomic mass is 19.3. The number of hydrogen-bond donors (Lipinski definition) is 2. The van der Waals surface area contributed by atoms with Crippen LogP contribution in [0.1, 0.15) is 42.7 Å². The number of nitrogens with zero attached hydrogens (tertiary/aromatic N) is 5. The Hall–Kier alpha value is -3.94. The molecule has 2 aliphatic heterocycles. The summed E-state index contributed by atoms with van der Waals surface area (Å²) >= 11 is 0. The number of benzene rings is 2. The number of rotatable bonds is 7. The van der Waals surface area contributed by atoms with Gasteiger partial charge in [0.25, 0.3) is 6.43 Å². The van der Waals surface area contributed by atoms with Gasteiger partial charge in [0.05, 0.1) is 12.1 Å². The van der Waals surface area contributed by atoms with Gasteiger partial charge in [-0.15, -0.1) is 0 Å². The molecule has 4 aromatic rings. The smallest absolute Gasteiger partial charge is 0.251 e. The minimum atomic E-state index is -2.28. The maximum atomic E-state index is 12.7. The van der Waals surface area contributed by atoms with Gasteiger partial charge in [-0.1, -0.05) is 24.3 Å². The van der Waals surface area contributed by atoms with E-state index in [1.54, 1.807) is 6.07 Å². The molecule has 2 aromatic heterocycles. The number of H-pyrrole nitrogens is 1. The van der Waals surface area contributed by atoms with Crippen molar-refractivity contribution in [2.24, 2.45) is 0 Å². The van der Waals surface area contributed by atoms with Gasteiger partial charge in [0.1, 0.15) is 41.3 Å². The number of likely N-dealkylation sites (tertiary alicyclic amines) is 1. The van der Waals surface area contributed by atoms with E-state index in [2.05, 4.69) is 38.5 Å². The summed E-state index contributed by atoms with van der Waals surface area (Å²) in [4.78, 5) is 18.9. The maximum absolute atomic E-state index is 12.7. The second kappa shape index (κ2) is 11.7. The first-order chi connectivity index (χ1) is 19.6. The molecule has 6 rings (SSSR count). The summed E-state index contributed by atoms with van der Waals surface area (Å²) in [7, 11) is 0. The predicted molar refractivity (Wildman–Crippen MR) is 148 cm³/mol. The molecule has 4 heterocycles. The van der Waals surface area contributed by atoms with Crippen LogP contribution in [0.3, 0.4) is 0 Å². The average molecular weight is 544 g/mol. The number of aromatic amines is 1. The number of piperidine rings is 2. The highest BCUT2D eigenvalue weighted by molar-refractivity contribution is 5.89. The average Bonchev–Trinajstić information content (AvgIpc) is 3.43. The minimum Gasteiger partial charge on any atom is -0.489 e. The Kier molecular flexibility index (Phi) is 7.66. The highest BCUT2D eigenvalue weighted by Crippen LogP contribution is 2.33. The second-order valence-corrected chi connectivity index (χ2v) is 10.5. The van der Waals surface area contributed by atoms with E-state index >= 15 is 0 Å². The van der Waals surface area contributed by atoms with Crippen LogP contribution in [0.15, 0.2) is 48.8 Å². The Labute approximate surface area is 231 Å². The molecule has 0 atom stereocenters. The molecular formula is C30H31F2N7O. The number of hydrogen-bond acceptors (Lipinski definition) is 7. The number of nitriles is 1. The van der Waals surface area contributed by atoms with Gasteiger partial charge in [-0.2, -0.15) is 5.26 Å². The van der Waals surface area contributed by atoms with E-state index in [1.165, 1.54) is 11.9 Å². The number of aromatic nitrogens is 4. The lowest BCUT2D eigenvalue weighted by Crippen LogP contribution is -2.36. The van der Waals surface area contributed by atoms with Crippen LogP contribution in [0.4, 0.5) is 8.78 Å². The molecule has 8 nitrogen and oxygen atoms in total. The van der Waals surface area contributed by atoms with Crippen LogP contribution in [-0.4, -0.2) is 70.1 Å². The quantitative estimate of drug-likeness (QED) is 0.333. The van der Waals surface area contributed by atoms with Crippen molar-refractivity contribution in [1.29, 1.82) is 5.26 Å². The van der Waals surface area contributed by atoms with Gasteiger partial charge in [-0.25, -0.2) is 23.7 Å². The van der Waals surface area contributed by atoms with Crippen LogP contribution < -0.4 is 10.1 Å². The predicted octanol–water partition coefficient (Wildman–Crippen LogP) is 5.13. The number of ether oxygens (including phenoxy) is 1. The third-order valence-corrected chi connectivity index (χ3v) is 7.88. The van der Waals surface area contributed by atoms with Gasteiger partial charge in [0, 0.05) is 11.1 Å². The summed E-state index contributed by atoms with van der Waals surface area (Å²) in [6.45, 7) is 3.07. The van der Waals surface area contributed by atoms with Crippen molar-refractivity contribution in [1.82, 2.24) is 30.2 Å². The number of imidazole rings is 1. The van der Waals surface area contributed by atoms with Crippen LogP contribution in [0.5, 0.6) is 5.75 Å². The lowest BCUT2D eigenvalue weighted by molar-refractivity contribution is 0.0754. The third-order valence-electron chi connectivity index (χ3n) is 7.88. The highest BCUT2D eigenvalue weighted by Gasteiger charge is 2.23. The molecule has 0 aliphatic carbocycles. The van der Waals surface area contributed by atoms with Crippen LogP contribution in [0.25, 0.3) is 33.8 Å². The van der Waals surface area contributed by atoms with Gasteiger partial charge in [-0.05, 0) is 81.5 Å². The van der Waals surface area contributed by atoms with Crippen LogP contribution >= 0.6 is 0 Å². The van der Waals surface area contributed by atoms with E-state index in [0.29, 0.717) is 53.0 Å².